The van der Waals surface area contributed by atoms with E-state index in [1.54, 1.807) is 0 Å². The normalized spacial score (nSPS) is 19.3. The van der Waals surface area contributed by atoms with Crippen LogP contribution in [0.15, 0.2) is 36.5 Å². The Morgan fingerprint density at radius 3 is 2.95 bits per heavy atom. The van der Waals surface area contributed by atoms with Gasteiger partial charge in [-0.2, -0.15) is 0 Å². The van der Waals surface area contributed by atoms with Gasteiger partial charge in [-0.15, -0.1) is 0 Å². The molecule has 1 aromatic carbocycles. The summed E-state index contributed by atoms with van der Waals surface area (Å²) in [7, 11) is 0. The second kappa shape index (κ2) is 5.29. The van der Waals surface area contributed by atoms with E-state index in [1.807, 2.05) is 29.3 Å². The maximum atomic E-state index is 11.7. The molecule has 1 aromatic heterocycles. The predicted molar refractivity (Wildman–Crippen MR) is 79.4 cm³/mol. The van der Waals surface area contributed by atoms with Crippen LogP contribution in [0.4, 0.5) is 0 Å². The van der Waals surface area contributed by atoms with E-state index in [-0.39, 0.29) is 5.91 Å². The number of fused-ring (bicyclic) bond motifs is 1. The van der Waals surface area contributed by atoms with E-state index in [2.05, 4.69) is 33.0 Å². The Morgan fingerprint density at radius 1 is 1.32 bits per heavy atom. The maximum Gasteiger partial charge on any atom is 0.223 e. The Morgan fingerprint density at radius 2 is 2.16 bits per heavy atom. The van der Waals surface area contributed by atoms with E-state index in [0.29, 0.717) is 11.2 Å². The fraction of sp³-hybridized carbons (Fsp3) is 0.333. The van der Waals surface area contributed by atoms with Gasteiger partial charge in [-0.05, 0) is 11.5 Å². The van der Waals surface area contributed by atoms with Crippen LogP contribution in [-0.4, -0.2) is 33.7 Å². The highest BCUT2D eigenvalue weighted by molar-refractivity contribution is 9.09. The molecule has 3 rings (SSSR count). The van der Waals surface area contributed by atoms with Gasteiger partial charge in [0.25, 0.3) is 0 Å². The highest BCUT2D eigenvalue weighted by Crippen LogP contribution is 2.20. The third kappa shape index (κ3) is 2.63. The molecule has 0 bridgehead atoms. The minimum absolute atomic E-state index is 0.238. The maximum absolute atomic E-state index is 11.7. The van der Waals surface area contributed by atoms with Crippen LogP contribution in [-0.2, 0) is 11.2 Å². The highest BCUT2D eigenvalue weighted by atomic mass is 79.9. The molecule has 1 atom stereocenters. The van der Waals surface area contributed by atoms with Gasteiger partial charge in [0.2, 0.25) is 5.91 Å². The van der Waals surface area contributed by atoms with Crippen LogP contribution in [0.5, 0.6) is 0 Å². The zero-order valence-corrected chi connectivity index (χ0v) is 12.1. The number of carbonyl (C=O) groups excluding carboxylic acids is 1. The van der Waals surface area contributed by atoms with Crippen LogP contribution in [0, 0.1) is 0 Å². The van der Waals surface area contributed by atoms with Crippen LogP contribution in [0.1, 0.15) is 12.1 Å². The minimum atomic E-state index is 0.238. The lowest BCUT2D eigenvalue weighted by Crippen LogP contribution is -2.27. The van der Waals surface area contributed by atoms with Crippen LogP contribution in [0.25, 0.3) is 10.8 Å². The second-order valence-corrected chi connectivity index (χ2v) is 6.16. The van der Waals surface area contributed by atoms with E-state index < -0.39 is 0 Å². The first kappa shape index (κ1) is 12.6. The van der Waals surface area contributed by atoms with Crippen molar-refractivity contribution < 1.29 is 4.79 Å². The van der Waals surface area contributed by atoms with E-state index in [1.165, 1.54) is 10.8 Å². The van der Waals surface area contributed by atoms with Gasteiger partial charge in [-0.3, -0.25) is 9.78 Å². The number of benzene rings is 1. The smallest absolute Gasteiger partial charge is 0.223 e. The van der Waals surface area contributed by atoms with Gasteiger partial charge in [0.05, 0.1) is 0 Å². The fourth-order valence-corrected chi connectivity index (χ4v) is 3.19. The lowest BCUT2D eigenvalue weighted by Gasteiger charge is -2.15. The number of aromatic nitrogens is 1. The second-order valence-electron chi connectivity index (χ2n) is 4.87. The standard InChI is InChI=1S/C15H15BrN2O/c16-12-9-15(19)18(10-12)8-6-14-13-4-2-1-3-11(13)5-7-17-14/h1-5,7,12H,6,8-10H2. The molecular formula is C15H15BrN2O. The molecule has 0 spiro atoms. The summed E-state index contributed by atoms with van der Waals surface area (Å²) >= 11 is 3.51. The first-order valence-electron chi connectivity index (χ1n) is 6.48. The molecule has 1 unspecified atom stereocenters. The summed E-state index contributed by atoms with van der Waals surface area (Å²) in [5.74, 6) is 0.238. The number of pyridine rings is 1. The van der Waals surface area contributed by atoms with Gasteiger partial charge in [-0.25, -0.2) is 0 Å². The van der Waals surface area contributed by atoms with Crippen molar-refractivity contribution >= 4 is 32.6 Å². The third-order valence-corrected chi connectivity index (χ3v) is 4.16. The zero-order chi connectivity index (χ0) is 13.2. The lowest BCUT2D eigenvalue weighted by atomic mass is 10.1. The Kier molecular flexibility index (Phi) is 3.51. The molecule has 1 amide bonds. The van der Waals surface area contributed by atoms with Gasteiger partial charge < -0.3 is 4.90 Å². The molecular weight excluding hydrogens is 304 g/mol. The van der Waals surface area contributed by atoms with Crippen molar-refractivity contribution in [2.75, 3.05) is 13.1 Å². The average Bonchev–Trinajstić information content (AvgIpc) is 2.74. The molecule has 0 aliphatic carbocycles. The number of rotatable bonds is 3. The largest absolute Gasteiger partial charge is 0.341 e. The van der Waals surface area contributed by atoms with E-state index in [0.717, 1.165) is 25.2 Å². The first-order chi connectivity index (χ1) is 9.24. The molecule has 1 saturated heterocycles. The van der Waals surface area contributed by atoms with Gasteiger partial charge in [0.15, 0.2) is 0 Å². The Hall–Kier alpha value is -1.42. The molecule has 0 radical (unpaired) electrons. The molecule has 0 saturated carbocycles. The summed E-state index contributed by atoms with van der Waals surface area (Å²) in [5, 5.41) is 2.39. The predicted octanol–water partition coefficient (Wildman–Crippen LogP) is 2.77. The molecule has 0 N–H and O–H groups in total. The molecule has 1 fully saturated rings. The molecule has 1 aliphatic heterocycles. The van der Waals surface area contributed by atoms with Crippen molar-refractivity contribution in [3.8, 4) is 0 Å². The average molecular weight is 319 g/mol. The van der Waals surface area contributed by atoms with E-state index in [9.17, 15) is 4.79 Å². The Labute approximate surface area is 120 Å². The summed E-state index contributed by atoms with van der Waals surface area (Å²) < 4.78 is 0. The fourth-order valence-electron chi connectivity index (χ4n) is 2.56. The third-order valence-electron chi connectivity index (χ3n) is 3.54. The molecule has 19 heavy (non-hydrogen) atoms. The molecule has 2 heterocycles. The van der Waals surface area contributed by atoms with E-state index >= 15 is 0 Å². The lowest BCUT2D eigenvalue weighted by molar-refractivity contribution is -0.127. The quantitative estimate of drug-likeness (QED) is 0.815. The number of carbonyl (C=O) groups is 1. The number of likely N-dealkylation sites (tertiary alicyclic amines) is 1. The van der Waals surface area contributed by atoms with Crippen molar-refractivity contribution in [3.63, 3.8) is 0 Å². The van der Waals surface area contributed by atoms with Crippen molar-refractivity contribution in [2.45, 2.75) is 17.7 Å². The monoisotopic (exact) mass is 318 g/mol. The topological polar surface area (TPSA) is 33.2 Å². The number of alkyl halides is 1. The molecule has 4 heteroatoms. The highest BCUT2D eigenvalue weighted by Gasteiger charge is 2.27. The van der Waals surface area contributed by atoms with Crippen molar-refractivity contribution in [1.29, 1.82) is 0 Å². The van der Waals surface area contributed by atoms with Crippen molar-refractivity contribution in [2.24, 2.45) is 0 Å². The van der Waals surface area contributed by atoms with Crippen molar-refractivity contribution in [1.82, 2.24) is 9.88 Å². The zero-order valence-electron chi connectivity index (χ0n) is 10.6. The molecule has 2 aromatic rings. The summed E-state index contributed by atoms with van der Waals surface area (Å²) in [5.41, 5.74) is 1.07. The Balaban J connectivity index is 1.77. The number of hydrogen-bond acceptors (Lipinski definition) is 2. The molecule has 3 nitrogen and oxygen atoms in total. The summed E-state index contributed by atoms with van der Waals surface area (Å²) in [4.78, 5) is 18.4. The SMILES string of the molecule is O=C1CC(Br)CN1CCc1nccc2ccccc12. The minimum Gasteiger partial charge on any atom is -0.341 e. The molecule has 1 aliphatic rings. The van der Waals surface area contributed by atoms with Crippen LogP contribution in [0.3, 0.4) is 0 Å². The van der Waals surface area contributed by atoms with Gasteiger partial charge in [0.1, 0.15) is 0 Å². The summed E-state index contributed by atoms with van der Waals surface area (Å²) in [6.45, 7) is 1.56. The number of hydrogen-bond donors (Lipinski definition) is 0. The molecule has 98 valence electrons. The van der Waals surface area contributed by atoms with Crippen molar-refractivity contribution in [3.05, 3.63) is 42.2 Å². The van der Waals surface area contributed by atoms with E-state index in [4.69, 9.17) is 0 Å². The van der Waals surface area contributed by atoms with Crippen LogP contribution < -0.4 is 0 Å². The number of amides is 1. The first-order valence-corrected chi connectivity index (χ1v) is 7.40. The number of halogens is 1. The summed E-state index contributed by atoms with van der Waals surface area (Å²) in [6, 6.07) is 10.3. The van der Waals surface area contributed by atoms with Gasteiger partial charge >= 0.3 is 0 Å². The summed E-state index contributed by atoms with van der Waals surface area (Å²) in [6.07, 6.45) is 3.27. The van der Waals surface area contributed by atoms with Gasteiger partial charge in [-0.1, -0.05) is 40.2 Å². The van der Waals surface area contributed by atoms with Crippen LogP contribution in [0.2, 0.25) is 0 Å². The number of nitrogens with zero attached hydrogens (tertiary/aromatic N) is 2. The Bertz CT molecular complexity index is 609. The van der Waals surface area contributed by atoms with Crippen LogP contribution >= 0.6 is 15.9 Å². The van der Waals surface area contributed by atoms with Gasteiger partial charge in [0, 0.05) is 48.0 Å².